The number of halogens is 1. The highest BCUT2D eigenvalue weighted by Gasteiger charge is 2.18. The predicted molar refractivity (Wildman–Crippen MR) is 108 cm³/mol. The molecule has 3 aromatic rings. The van der Waals surface area contributed by atoms with Gasteiger partial charge in [0.1, 0.15) is 17.9 Å². The fraction of sp³-hybridized carbons (Fsp3) is 0.227. The van der Waals surface area contributed by atoms with Crippen molar-refractivity contribution in [3.05, 3.63) is 82.0 Å². The monoisotopic (exact) mass is 412 g/mol. The van der Waals surface area contributed by atoms with Crippen LogP contribution in [0.2, 0.25) is 0 Å². The van der Waals surface area contributed by atoms with Crippen molar-refractivity contribution in [1.29, 1.82) is 0 Å². The Morgan fingerprint density at radius 1 is 1.10 bits per heavy atom. The van der Waals surface area contributed by atoms with E-state index in [9.17, 15) is 18.8 Å². The average Bonchev–Trinajstić information content (AvgIpc) is 2.75. The number of hydrogen-bond donors (Lipinski definition) is 1. The third-order valence-corrected chi connectivity index (χ3v) is 4.38. The Morgan fingerprint density at radius 2 is 1.83 bits per heavy atom. The van der Waals surface area contributed by atoms with Gasteiger partial charge in [-0.05, 0) is 36.8 Å². The van der Waals surface area contributed by atoms with Gasteiger partial charge in [0, 0.05) is 6.54 Å². The Kier molecular flexibility index (Phi) is 6.79. The number of nitrogens with one attached hydrogen (secondary N) is 1. The normalized spacial score (nSPS) is 10.6. The summed E-state index contributed by atoms with van der Waals surface area (Å²) in [7, 11) is 0. The quantitative estimate of drug-likeness (QED) is 0.602. The van der Waals surface area contributed by atoms with Crippen molar-refractivity contribution in [2.75, 3.05) is 13.2 Å². The van der Waals surface area contributed by atoms with Crippen molar-refractivity contribution in [1.82, 2.24) is 10.2 Å². The smallest absolute Gasteiger partial charge is 0.325 e. The second-order valence-corrected chi connectivity index (χ2v) is 6.53. The minimum atomic E-state index is -0.571. The molecule has 8 heteroatoms. The molecular weight excluding hydrogens is 391 g/mol. The van der Waals surface area contributed by atoms with Gasteiger partial charge in [-0.2, -0.15) is 0 Å². The lowest BCUT2D eigenvalue weighted by Gasteiger charge is -2.23. The van der Waals surface area contributed by atoms with Crippen LogP contribution in [0.1, 0.15) is 18.1 Å². The molecule has 1 aromatic heterocycles. The van der Waals surface area contributed by atoms with Gasteiger partial charge in [-0.15, -0.1) is 0 Å². The second kappa shape index (κ2) is 9.69. The molecule has 2 amide bonds. The van der Waals surface area contributed by atoms with Gasteiger partial charge in [-0.3, -0.25) is 9.59 Å². The lowest BCUT2D eigenvalue weighted by molar-refractivity contribution is -0.141. The SMILES string of the molecule is CCOC(=O)CNC(=O)N(Cc1ccc(F)cc1)Cc1coc2ccccc2c1=O. The fourth-order valence-corrected chi connectivity index (χ4v) is 2.91. The molecule has 0 aliphatic heterocycles. The third kappa shape index (κ3) is 5.22. The van der Waals surface area contributed by atoms with E-state index in [1.165, 1.54) is 23.3 Å². The van der Waals surface area contributed by atoms with Crippen LogP contribution in [0.15, 0.2) is 64.0 Å². The topological polar surface area (TPSA) is 88.8 Å². The standard InChI is InChI=1S/C22H21FN2O5/c1-2-29-20(26)11-24-22(28)25(12-15-7-9-17(23)10-8-15)13-16-14-30-19-6-4-3-5-18(19)21(16)27/h3-10,14H,2,11-13H2,1H3,(H,24,28). The molecule has 2 aromatic carbocycles. The van der Waals surface area contributed by atoms with E-state index in [2.05, 4.69) is 5.32 Å². The molecule has 0 bridgehead atoms. The summed E-state index contributed by atoms with van der Waals surface area (Å²) in [4.78, 5) is 38.4. The third-order valence-electron chi connectivity index (χ3n) is 4.38. The highest BCUT2D eigenvalue weighted by Crippen LogP contribution is 2.14. The van der Waals surface area contributed by atoms with Crippen molar-refractivity contribution in [3.63, 3.8) is 0 Å². The van der Waals surface area contributed by atoms with Crippen LogP contribution in [-0.4, -0.2) is 30.1 Å². The van der Waals surface area contributed by atoms with Gasteiger partial charge in [0.05, 0.1) is 30.4 Å². The number of fused-ring (bicyclic) bond motifs is 1. The summed E-state index contributed by atoms with van der Waals surface area (Å²) in [6.45, 7) is 1.60. The Balaban J connectivity index is 1.84. The molecule has 3 rings (SSSR count). The number of amides is 2. The van der Waals surface area contributed by atoms with Crippen LogP contribution in [0.25, 0.3) is 11.0 Å². The molecule has 1 heterocycles. The van der Waals surface area contributed by atoms with Crippen molar-refractivity contribution in [2.24, 2.45) is 0 Å². The van der Waals surface area contributed by atoms with Gasteiger partial charge in [0.15, 0.2) is 5.43 Å². The molecule has 1 N–H and O–H groups in total. The van der Waals surface area contributed by atoms with Gasteiger partial charge in [0.25, 0.3) is 0 Å². The van der Waals surface area contributed by atoms with Crippen LogP contribution in [-0.2, 0) is 22.6 Å². The summed E-state index contributed by atoms with van der Waals surface area (Å²) in [5.41, 5.74) is 1.14. The van der Waals surface area contributed by atoms with Crippen LogP contribution in [0.4, 0.5) is 9.18 Å². The van der Waals surface area contributed by atoms with Gasteiger partial charge < -0.3 is 19.4 Å². The van der Waals surface area contributed by atoms with Crippen LogP contribution >= 0.6 is 0 Å². The molecule has 0 unspecified atom stereocenters. The highest BCUT2D eigenvalue weighted by molar-refractivity contribution is 5.81. The first-order chi connectivity index (χ1) is 14.5. The van der Waals surface area contributed by atoms with Crippen LogP contribution in [0.3, 0.4) is 0 Å². The van der Waals surface area contributed by atoms with E-state index in [1.807, 2.05) is 0 Å². The second-order valence-electron chi connectivity index (χ2n) is 6.53. The fourth-order valence-electron chi connectivity index (χ4n) is 2.91. The zero-order valence-electron chi connectivity index (χ0n) is 16.4. The molecule has 0 fully saturated rings. The first-order valence-corrected chi connectivity index (χ1v) is 9.40. The van der Waals surface area contributed by atoms with E-state index in [0.717, 1.165) is 0 Å². The number of hydrogen-bond acceptors (Lipinski definition) is 5. The first-order valence-electron chi connectivity index (χ1n) is 9.40. The van der Waals surface area contributed by atoms with E-state index >= 15 is 0 Å². The largest absolute Gasteiger partial charge is 0.465 e. The minimum Gasteiger partial charge on any atom is -0.465 e. The van der Waals surface area contributed by atoms with Crippen molar-refractivity contribution >= 4 is 23.0 Å². The maximum absolute atomic E-state index is 13.2. The Hall–Kier alpha value is -3.68. The van der Waals surface area contributed by atoms with Gasteiger partial charge >= 0.3 is 12.0 Å². The zero-order valence-corrected chi connectivity index (χ0v) is 16.4. The highest BCUT2D eigenvalue weighted by atomic mass is 19.1. The van der Waals surface area contributed by atoms with E-state index in [4.69, 9.17) is 9.15 Å². The summed E-state index contributed by atoms with van der Waals surface area (Å²) in [5.74, 6) is -0.968. The van der Waals surface area contributed by atoms with Gasteiger partial charge in [-0.1, -0.05) is 24.3 Å². The number of nitrogens with zero attached hydrogens (tertiary/aromatic N) is 1. The lowest BCUT2D eigenvalue weighted by Crippen LogP contribution is -2.42. The number of carbonyl (C=O) groups is 2. The molecule has 0 aliphatic rings. The van der Waals surface area contributed by atoms with E-state index in [-0.39, 0.29) is 37.2 Å². The minimum absolute atomic E-state index is 0.0563. The van der Waals surface area contributed by atoms with Crippen LogP contribution in [0.5, 0.6) is 0 Å². The van der Waals surface area contributed by atoms with Crippen LogP contribution in [0, 0.1) is 5.82 Å². The van der Waals surface area contributed by atoms with Gasteiger partial charge in [-0.25, -0.2) is 9.18 Å². The molecule has 30 heavy (non-hydrogen) atoms. The number of rotatable bonds is 7. The van der Waals surface area contributed by atoms with E-state index in [1.54, 1.807) is 43.3 Å². The lowest BCUT2D eigenvalue weighted by atomic mass is 10.1. The Labute approximate surface area is 172 Å². The number of para-hydroxylation sites is 1. The molecule has 0 atom stereocenters. The molecular formula is C22H21FN2O5. The van der Waals surface area contributed by atoms with Gasteiger partial charge in [0.2, 0.25) is 0 Å². The average molecular weight is 412 g/mol. The summed E-state index contributed by atoms with van der Waals surface area (Å²) < 4.78 is 23.5. The van der Waals surface area contributed by atoms with Crippen molar-refractivity contribution < 1.29 is 23.1 Å². The molecule has 0 spiro atoms. The number of carbonyl (C=O) groups excluding carboxylic acids is 2. The number of benzene rings is 2. The van der Waals surface area contributed by atoms with E-state index < -0.39 is 17.8 Å². The zero-order chi connectivity index (χ0) is 21.5. The summed E-state index contributed by atoms with van der Waals surface area (Å²) in [5, 5.41) is 2.89. The predicted octanol–water partition coefficient (Wildman–Crippen LogP) is 3.21. The molecule has 0 radical (unpaired) electrons. The molecule has 156 valence electrons. The Morgan fingerprint density at radius 3 is 2.57 bits per heavy atom. The Bertz CT molecular complexity index is 1090. The van der Waals surface area contributed by atoms with Crippen molar-refractivity contribution in [3.8, 4) is 0 Å². The number of urea groups is 1. The number of ether oxygens (including phenoxy) is 1. The maximum Gasteiger partial charge on any atom is 0.325 e. The summed E-state index contributed by atoms with van der Waals surface area (Å²) >= 11 is 0. The molecule has 0 saturated carbocycles. The van der Waals surface area contributed by atoms with Crippen LogP contribution < -0.4 is 10.7 Å². The first kappa shape index (κ1) is 21.0. The molecule has 0 aliphatic carbocycles. The molecule has 7 nitrogen and oxygen atoms in total. The summed E-state index contributed by atoms with van der Waals surface area (Å²) in [6.07, 6.45) is 1.32. The maximum atomic E-state index is 13.2. The summed E-state index contributed by atoms with van der Waals surface area (Å²) in [6, 6.07) is 11.9. The van der Waals surface area contributed by atoms with E-state index in [0.29, 0.717) is 16.5 Å². The molecule has 0 saturated heterocycles. The number of esters is 1. The van der Waals surface area contributed by atoms with Crippen molar-refractivity contribution in [2.45, 2.75) is 20.0 Å².